The highest BCUT2D eigenvalue weighted by atomic mass is 79.9. The number of halogens is 2. The molecular formula is C11H17BrClN3O3S2. The molecule has 6 nitrogen and oxygen atoms in total. The van der Waals surface area contributed by atoms with Gasteiger partial charge >= 0.3 is 0 Å². The Morgan fingerprint density at radius 3 is 2.67 bits per heavy atom. The van der Waals surface area contributed by atoms with Gasteiger partial charge in [-0.1, -0.05) is 30.6 Å². The van der Waals surface area contributed by atoms with Crippen molar-refractivity contribution < 1.29 is 13.6 Å². The van der Waals surface area contributed by atoms with Crippen LogP contribution in [0.25, 0.3) is 0 Å². The Kier molecular flexibility index (Phi) is 6.92. The molecule has 10 heteroatoms. The first-order valence-electron chi connectivity index (χ1n) is 6.09. The average molecular weight is 419 g/mol. The molecule has 0 fully saturated rings. The second kappa shape index (κ2) is 7.77. The molecule has 21 heavy (non-hydrogen) atoms. The molecule has 0 aliphatic rings. The summed E-state index contributed by atoms with van der Waals surface area (Å²) < 4.78 is 27.4. The SMILES string of the molecule is CC(C)CN(CCC(N)=NO)S(=O)(=O)c1cc(Cl)c(Br)s1. The molecular weight excluding hydrogens is 402 g/mol. The van der Waals surface area contributed by atoms with Gasteiger partial charge in [-0.3, -0.25) is 0 Å². The fourth-order valence-corrected chi connectivity index (χ4v) is 5.75. The molecule has 0 spiro atoms. The number of sulfonamides is 1. The zero-order chi connectivity index (χ0) is 16.2. The van der Waals surface area contributed by atoms with Crippen molar-refractivity contribution in [2.75, 3.05) is 13.1 Å². The fourth-order valence-electron chi connectivity index (χ4n) is 1.59. The van der Waals surface area contributed by atoms with Gasteiger partial charge in [-0.15, -0.1) is 11.3 Å². The van der Waals surface area contributed by atoms with Crippen LogP contribution < -0.4 is 5.73 Å². The third-order valence-corrected chi connectivity index (χ3v) is 7.32. The third-order valence-electron chi connectivity index (χ3n) is 2.53. The average Bonchev–Trinajstić information content (AvgIpc) is 2.74. The maximum atomic E-state index is 12.6. The number of hydrogen-bond acceptors (Lipinski definition) is 5. The van der Waals surface area contributed by atoms with Crippen LogP contribution in [-0.4, -0.2) is 36.9 Å². The predicted octanol–water partition coefficient (Wildman–Crippen LogP) is 2.95. The largest absolute Gasteiger partial charge is 0.409 e. The summed E-state index contributed by atoms with van der Waals surface area (Å²) in [4.78, 5) is 0. The predicted molar refractivity (Wildman–Crippen MR) is 88.7 cm³/mol. The molecule has 0 bridgehead atoms. The van der Waals surface area contributed by atoms with Crippen molar-refractivity contribution in [3.8, 4) is 0 Å². The summed E-state index contributed by atoms with van der Waals surface area (Å²) in [6.07, 6.45) is 0.155. The Balaban J connectivity index is 3.05. The number of thiophene rings is 1. The lowest BCUT2D eigenvalue weighted by atomic mass is 10.2. The van der Waals surface area contributed by atoms with Crippen LogP contribution in [0.5, 0.6) is 0 Å². The van der Waals surface area contributed by atoms with E-state index in [4.69, 9.17) is 22.5 Å². The molecule has 0 aliphatic carbocycles. The molecule has 0 unspecified atom stereocenters. The summed E-state index contributed by atoms with van der Waals surface area (Å²) in [6, 6.07) is 1.42. The van der Waals surface area contributed by atoms with Crippen LogP contribution in [0.4, 0.5) is 0 Å². The number of oxime groups is 1. The summed E-state index contributed by atoms with van der Waals surface area (Å²) in [5, 5.41) is 11.8. The number of rotatable bonds is 7. The quantitative estimate of drug-likeness (QED) is 0.308. The summed E-state index contributed by atoms with van der Waals surface area (Å²) >= 11 is 10.2. The summed E-state index contributed by atoms with van der Waals surface area (Å²) in [5.74, 6) is 0.135. The highest BCUT2D eigenvalue weighted by Gasteiger charge is 2.27. The van der Waals surface area contributed by atoms with Crippen LogP contribution in [0.3, 0.4) is 0 Å². The molecule has 120 valence electrons. The molecule has 0 radical (unpaired) electrons. The van der Waals surface area contributed by atoms with E-state index >= 15 is 0 Å². The normalized spacial score (nSPS) is 13.3. The van der Waals surface area contributed by atoms with E-state index in [9.17, 15) is 8.42 Å². The lowest BCUT2D eigenvalue weighted by molar-refractivity contribution is 0.314. The second-order valence-corrected chi connectivity index (χ2v) is 9.73. The van der Waals surface area contributed by atoms with Gasteiger partial charge in [0.1, 0.15) is 10.0 Å². The summed E-state index contributed by atoms with van der Waals surface area (Å²) in [5.41, 5.74) is 5.41. The van der Waals surface area contributed by atoms with E-state index in [0.717, 1.165) is 11.3 Å². The number of nitrogens with zero attached hydrogens (tertiary/aromatic N) is 2. The lowest BCUT2D eigenvalue weighted by Crippen LogP contribution is -2.36. The smallest absolute Gasteiger partial charge is 0.252 e. The van der Waals surface area contributed by atoms with Crippen LogP contribution in [0, 0.1) is 5.92 Å². The summed E-state index contributed by atoms with van der Waals surface area (Å²) in [6.45, 7) is 4.32. The number of amidine groups is 1. The van der Waals surface area contributed by atoms with Crippen LogP contribution in [-0.2, 0) is 10.0 Å². The Labute approximate surface area is 141 Å². The van der Waals surface area contributed by atoms with Crippen LogP contribution in [0.15, 0.2) is 19.2 Å². The molecule has 3 N–H and O–H groups in total. The minimum Gasteiger partial charge on any atom is -0.409 e. The van der Waals surface area contributed by atoms with E-state index in [0.29, 0.717) is 15.4 Å². The molecule has 1 heterocycles. The Bertz CT molecular complexity index is 597. The zero-order valence-electron chi connectivity index (χ0n) is 11.6. The topological polar surface area (TPSA) is 96.0 Å². The molecule has 0 atom stereocenters. The van der Waals surface area contributed by atoms with Crippen LogP contribution in [0.2, 0.25) is 5.02 Å². The number of hydrogen-bond donors (Lipinski definition) is 2. The minimum absolute atomic E-state index is 0.00986. The Hall–Kier alpha value is -0.350. The van der Waals surface area contributed by atoms with E-state index in [-0.39, 0.29) is 28.9 Å². The zero-order valence-corrected chi connectivity index (χ0v) is 15.6. The van der Waals surface area contributed by atoms with E-state index in [1.54, 1.807) is 0 Å². The highest BCUT2D eigenvalue weighted by molar-refractivity contribution is 9.11. The Morgan fingerprint density at radius 1 is 1.62 bits per heavy atom. The van der Waals surface area contributed by atoms with Gasteiger partial charge in [0.05, 0.1) is 8.81 Å². The molecule has 1 rings (SSSR count). The van der Waals surface area contributed by atoms with Gasteiger partial charge in [-0.05, 0) is 27.9 Å². The maximum absolute atomic E-state index is 12.6. The van der Waals surface area contributed by atoms with Crippen molar-refractivity contribution in [3.63, 3.8) is 0 Å². The van der Waals surface area contributed by atoms with Gasteiger partial charge in [-0.2, -0.15) is 4.31 Å². The molecule has 0 saturated carbocycles. The first-order valence-corrected chi connectivity index (χ1v) is 9.52. The van der Waals surface area contributed by atoms with E-state index < -0.39 is 10.0 Å². The lowest BCUT2D eigenvalue weighted by Gasteiger charge is -2.22. The van der Waals surface area contributed by atoms with Gasteiger partial charge in [-0.25, -0.2) is 8.42 Å². The van der Waals surface area contributed by atoms with Crippen molar-refractivity contribution in [2.45, 2.75) is 24.5 Å². The van der Waals surface area contributed by atoms with Crippen LogP contribution in [0.1, 0.15) is 20.3 Å². The maximum Gasteiger partial charge on any atom is 0.252 e. The molecule has 0 saturated heterocycles. The second-order valence-electron chi connectivity index (χ2n) is 4.79. The van der Waals surface area contributed by atoms with Gasteiger partial charge in [0, 0.05) is 19.5 Å². The van der Waals surface area contributed by atoms with Crippen LogP contribution >= 0.6 is 38.9 Å². The minimum atomic E-state index is -3.66. The van der Waals surface area contributed by atoms with E-state index in [2.05, 4.69) is 21.1 Å². The summed E-state index contributed by atoms with van der Waals surface area (Å²) in [7, 11) is -3.66. The van der Waals surface area contributed by atoms with Crippen molar-refractivity contribution in [1.29, 1.82) is 0 Å². The van der Waals surface area contributed by atoms with Gasteiger partial charge in [0.2, 0.25) is 0 Å². The van der Waals surface area contributed by atoms with Gasteiger partial charge < -0.3 is 10.9 Å². The number of nitrogens with two attached hydrogens (primary N) is 1. The molecule has 1 aromatic rings. The molecule has 0 aliphatic heterocycles. The standard InChI is InChI=1S/C11H17BrClN3O3S2/c1-7(2)6-16(4-3-9(14)15-17)21(18,19)10-5-8(13)11(12)20-10/h5,7,17H,3-4,6H2,1-2H3,(H2,14,15). The van der Waals surface area contributed by atoms with E-state index in [1.165, 1.54) is 10.4 Å². The molecule has 1 aromatic heterocycles. The monoisotopic (exact) mass is 417 g/mol. The van der Waals surface area contributed by atoms with Crippen molar-refractivity contribution in [1.82, 2.24) is 4.31 Å². The fraction of sp³-hybridized carbons (Fsp3) is 0.545. The van der Waals surface area contributed by atoms with Crippen molar-refractivity contribution >= 4 is 54.7 Å². The highest BCUT2D eigenvalue weighted by Crippen LogP contribution is 2.36. The molecule has 0 aromatic carbocycles. The third kappa shape index (κ3) is 5.10. The Morgan fingerprint density at radius 2 is 2.24 bits per heavy atom. The van der Waals surface area contributed by atoms with Gasteiger partial charge in [0.15, 0.2) is 0 Å². The van der Waals surface area contributed by atoms with Crippen molar-refractivity contribution in [3.05, 3.63) is 14.9 Å². The first kappa shape index (κ1) is 18.7. The van der Waals surface area contributed by atoms with E-state index in [1.807, 2.05) is 13.8 Å². The molecule has 0 amide bonds. The van der Waals surface area contributed by atoms with Gasteiger partial charge in [0.25, 0.3) is 10.0 Å². The van der Waals surface area contributed by atoms with Crippen molar-refractivity contribution in [2.24, 2.45) is 16.8 Å². The first-order chi connectivity index (χ1) is 9.68.